The second kappa shape index (κ2) is 9.73. The third-order valence-electron chi connectivity index (χ3n) is 6.61. The number of hydrogen-bond acceptors (Lipinski definition) is 3. The number of unbranched alkanes of at least 4 members (excludes halogenated alkanes) is 1. The lowest BCUT2D eigenvalue weighted by Crippen LogP contribution is -2.21. The topological polar surface area (TPSA) is 60.8 Å². The van der Waals surface area contributed by atoms with Gasteiger partial charge >= 0.3 is 0 Å². The highest BCUT2D eigenvalue weighted by molar-refractivity contribution is 5.75. The second-order valence-corrected chi connectivity index (χ2v) is 8.92. The predicted octanol–water partition coefficient (Wildman–Crippen LogP) is 4.18. The average molecular weight is 398 g/mol. The Bertz CT molecular complexity index is 767. The summed E-state index contributed by atoms with van der Waals surface area (Å²) in [5.41, 5.74) is 3.47. The molecule has 0 unspecified atom stereocenters. The molecule has 158 valence electrons. The van der Waals surface area contributed by atoms with E-state index in [9.17, 15) is 15.0 Å². The number of carbonyl (C=O) groups excluding carboxylic acids is 1. The van der Waals surface area contributed by atoms with Crippen molar-refractivity contribution in [3.63, 3.8) is 0 Å². The molecule has 2 aliphatic rings. The minimum absolute atomic E-state index is 0.0998. The number of amides is 1. The molecular weight excluding hydrogens is 362 g/mol. The molecule has 1 aromatic carbocycles. The van der Waals surface area contributed by atoms with Crippen molar-refractivity contribution in [1.29, 1.82) is 0 Å². The van der Waals surface area contributed by atoms with Gasteiger partial charge in [0, 0.05) is 26.4 Å². The summed E-state index contributed by atoms with van der Waals surface area (Å²) in [6, 6.07) is 7.88. The van der Waals surface area contributed by atoms with Gasteiger partial charge in [-0.15, -0.1) is 0 Å². The third-order valence-corrected chi connectivity index (χ3v) is 6.61. The molecule has 3 rings (SSSR count). The summed E-state index contributed by atoms with van der Waals surface area (Å²) in [6.07, 6.45) is 10.8. The zero-order valence-electron chi connectivity index (χ0n) is 17.9. The maximum atomic E-state index is 11.7. The van der Waals surface area contributed by atoms with Gasteiger partial charge in [-0.1, -0.05) is 48.1 Å². The number of benzene rings is 1. The number of carbonyl (C=O) groups is 1. The molecule has 5 atom stereocenters. The molecule has 0 aliphatic heterocycles. The van der Waals surface area contributed by atoms with Gasteiger partial charge in [0.05, 0.1) is 12.2 Å². The Balaban J connectivity index is 1.52. The van der Waals surface area contributed by atoms with Crippen molar-refractivity contribution in [2.24, 2.45) is 17.8 Å². The van der Waals surface area contributed by atoms with Crippen molar-refractivity contribution in [3.8, 4) is 0 Å². The molecule has 1 saturated carbocycles. The molecule has 1 aromatic rings. The van der Waals surface area contributed by atoms with Gasteiger partial charge in [0.1, 0.15) is 0 Å². The van der Waals surface area contributed by atoms with E-state index in [0.29, 0.717) is 18.3 Å². The SMILES string of the molecule is Cc1ccccc1[C@H](O)/C=C/[C@@H]1[C@H]2CC(CCCCC(=O)N(C)C)=C[C@H]2C[C@H]1O. The van der Waals surface area contributed by atoms with Crippen LogP contribution in [0.5, 0.6) is 0 Å². The first-order chi connectivity index (χ1) is 13.9. The lowest BCUT2D eigenvalue weighted by atomic mass is 9.88. The van der Waals surface area contributed by atoms with Crippen LogP contribution in [0.2, 0.25) is 0 Å². The number of aliphatic hydroxyl groups is 2. The highest BCUT2D eigenvalue weighted by Gasteiger charge is 2.43. The Labute approximate surface area is 174 Å². The summed E-state index contributed by atoms with van der Waals surface area (Å²) in [5, 5.41) is 21.1. The Morgan fingerprint density at radius 1 is 1.28 bits per heavy atom. The van der Waals surface area contributed by atoms with Gasteiger partial charge in [-0.3, -0.25) is 4.79 Å². The molecule has 4 heteroatoms. The fourth-order valence-corrected chi connectivity index (χ4v) is 4.90. The number of nitrogens with zero attached hydrogens (tertiary/aromatic N) is 1. The van der Waals surface area contributed by atoms with Crippen LogP contribution in [0.3, 0.4) is 0 Å². The van der Waals surface area contributed by atoms with E-state index in [1.807, 2.05) is 43.3 Å². The summed E-state index contributed by atoms with van der Waals surface area (Å²) in [7, 11) is 3.61. The van der Waals surface area contributed by atoms with Crippen molar-refractivity contribution in [3.05, 3.63) is 59.2 Å². The normalized spacial score (nSPS) is 27.1. The highest BCUT2D eigenvalue weighted by atomic mass is 16.3. The van der Waals surface area contributed by atoms with Crippen LogP contribution in [0.1, 0.15) is 55.8 Å². The number of aryl methyl sites for hydroxylation is 1. The largest absolute Gasteiger partial charge is 0.392 e. The molecule has 2 aliphatic carbocycles. The van der Waals surface area contributed by atoms with Gasteiger partial charge in [0.25, 0.3) is 0 Å². The van der Waals surface area contributed by atoms with Gasteiger partial charge in [0.15, 0.2) is 0 Å². The van der Waals surface area contributed by atoms with E-state index in [-0.39, 0.29) is 17.9 Å². The fraction of sp³-hybridized carbons (Fsp3) is 0.560. The Kier molecular flexibility index (Phi) is 7.31. The first-order valence-corrected chi connectivity index (χ1v) is 10.9. The number of rotatable bonds is 8. The van der Waals surface area contributed by atoms with Crippen LogP contribution in [0.15, 0.2) is 48.1 Å². The minimum Gasteiger partial charge on any atom is -0.392 e. The van der Waals surface area contributed by atoms with E-state index < -0.39 is 6.10 Å². The fourth-order valence-electron chi connectivity index (χ4n) is 4.90. The van der Waals surface area contributed by atoms with Gasteiger partial charge in [-0.05, 0) is 62.0 Å². The van der Waals surface area contributed by atoms with Crippen molar-refractivity contribution in [2.75, 3.05) is 14.1 Å². The van der Waals surface area contributed by atoms with Crippen molar-refractivity contribution in [2.45, 2.75) is 57.7 Å². The lowest BCUT2D eigenvalue weighted by molar-refractivity contribution is -0.128. The summed E-state index contributed by atoms with van der Waals surface area (Å²) < 4.78 is 0. The first kappa shape index (κ1) is 21.8. The maximum absolute atomic E-state index is 11.7. The van der Waals surface area contributed by atoms with Crippen LogP contribution in [-0.2, 0) is 4.79 Å². The van der Waals surface area contributed by atoms with Crippen LogP contribution in [0, 0.1) is 24.7 Å². The van der Waals surface area contributed by atoms with Crippen LogP contribution in [0.25, 0.3) is 0 Å². The van der Waals surface area contributed by atoms with Crippen LogP contribution < -0.4 is 0 Å². The summed E-state index contributed by atoms with van der Waals surface area (Å²) in [4.78, 5) is 13.3. The minimum atomic E-state index is -0.634. The van der Waals surface area contributed by atoms with E-state index in [1.165, 1.54) is 5.57 Å². The Hall–Kier alpha value is -1.91. The van der Waals surface area contributed by atoms with E-state index in [1.54, 1.807) is 19.0 Å². The van der Waals surface area contributed by atoms with Gasteiger partial charge in [0.2, 0.25) is 5.91 Å². The monoisotopic (exact) mass is 397 g/mol. The van der Waals surface area contributed by atoms with Gasteiger partial charge < -0.3 is 15.1 Å². The number of hydrogen-bond donors (Lipinski definition) is 2. The molecule has 0 bridgehead atoms. The molecule has 0 saturated heterocycles. The second-order valence-electron chi connectivity index (χ2n) is 8.92. The quantitative estimate of drug-likeness (QED) is 0.511. The van der Waals surface area contributed by atoms with Crippen molar-refractivity contribution < 1.29 is 15.0 Å². The molecule has 0 aromatic heterocycles. The zero-order valence-corrected chi connectivity index (χ0v) is 17.9. The smallest absolute Gasteiger partial charge is 0.222 e. The first-order valence-electron chi connectivity index (χ1n) is 10.9. The number of allylic oxidation sites excluding steroid dienone is 2. The van der Waals surface area contributed by atoms with Gasteiger partial charge in [-0.2, -0.15) is 0 Å². The number of aliphatic hydroxyl groups excluding tert-OH is 2. The van der Waals surface area contributed by atoms with E-state index >= 15 is 0 Å². The number of fused-ring (bicyclic) bond motifs is 1. The van der Waals surface area contributed by atoms with Crippen LogP contribution in [-0.4, -0.2) is 41.2 Å². The van der Waals surface area contributed by atoms with Crippen molar-refractivity contribution >= 4 is 5.91 Å². The van der Waals surface area contributed by atoms with Gasteiger partial charge in [-0.25, -0.2) is 0 Å². The molecular formula is C25H35NO3. The maximum Gasteiger partial charge on any atom is 0.222 e. The Morgan fingerprint density at radius 3 is 2.76 bits per heavy atom. The Morgan fingerprint density at radius 2 is 2.03 bits per heavy atom. The molecule has 1 fully saturated rings. The standard InChI is InChI=1S/C25H35NO3/c1-17-8-4-6-10-20(17)23(27)13-12-21-22-15-18(14-19(22)16-24(21)28)9-5-7-11-25(29)26(2)3/h4,6,8,10,12-14,19,21-24,27-28H,5,7,9,11,15-16H2,1-3H3/b13-12+/t19-,21+,22-,23+,24+/m0/s1. The zero-order chi connectivity index (χ0) is 21.0. The van der Waals surface area contributed by atoms with E-state index in [4.69, 9.17) is 0 Å². The molecule has 0 radical (unpaired) electrons. The predicted molar refractivity (Wildman–Crippen MR) is 116 cm³/mol. The van der Waals surface area contributed by atoms with E-state index in [0.717, 1.165) is 43.2 Å². The molecule has 2 N–H and O–H groups in total. The highest BCUT2D eigenvalue weighted by Crippen LogP contribution is 2.48. The van der Waals surface area contributed by atoms with E-state index in [2.05, 4.69) is 6.08 Å². The molecule has 4 nitrogen and oxygen atoms in total. The lowest BCUT2D eigenvalue weighted by Gasteiger charge is -2.19. The summed E-state index contributed by atoms with van der Waals surface area (Å²) >= 11 is 0. The molecule has 0 heterocycles. The molecule has 1 amide bonds. The molecule has 29 heavy (non-hydrogen) atoms. The average Bonchev–Trinajstić information content (AvgIpc) is 3.19. The molecule has 0 spiro atoms. The summed E-state index contributed by atoms with van der Waals surface area (Å²) in [6.45, 7) is 2.01. The summed E-state index contributed by atoms with van der Waals surface area (Å²) in [5.74, 6) is 1.17. The third kappa shape index (κ3) is 5.37. The van der Waals surface area contributed by atoms with Crippen LogP contribution >= 0.6 is 0 Å². The van der Waals surface area contributed by atoms with Crippen molar-refractivity contribution in [1.82, 2.24) is 4.90 Å². The van der Waals surface area contributed by atoms with Crippen LogP contribution in [0.4, 0.5) is 0 Å².